The van der Waals surface area contributed by atoms with E-state index in [1.165, 1.54) is 12.5 Å². The Morgan fingerprint density at radius 1 is 1.24 bits per heavy atom. The molecule has 0 aromatic heterocycles. The molecule has 2 unspecified atom stereocenters. The minimum atomic E-state index is -0.387. The highest BCUT2D eigenvalue weighted by atomic mass is 19.1. The van der Waals surface area contributed by atoms with Crippen LogP contribution in [0.5, 0.6) is 0 Å². The zero-order valence-electron chi connectivity index (χ0n) is 13.5. The summed E-state index contributed by atoms with van der Waals surface area (Å²) in [5.41, 5.74) is 0.409. The highest BCUT2D eigenvalue weighted by molar-refractivity contribution is 5.47. The van der Waals surface area contributed by atoms with Gasteiger partial charge in [0, 0.05) is 0 Å². The van der Waals surface area contributed by atoms with Crippen molar-refractivity contribution in [3.05, 3.63) is 30.1 Å². The fraction of sp³-hybridized carbons (Fsp3) is 0.667. The number of nitrogens with one attached hydrogen (secondary N) is 1. The van der Waals surface area contributed by atoms with Crippen LogP contribution in [0.4, 0.5) is 10.1 Å². The smallest absolute Gasteiger partial charge is 0.146 e. The molecule has 1 aliphatic rings. The van der Waals surface area contributed by atoms with E-state index in [2.05, 4.69) is 26.1 Å². The summed E-state index contributed by atoms with van der Waals surface area (Å²) < 4.78 is 13.9. The number of halogens is 1. The van der Waals surface area contributed by atoms with Crippen molar-refractivity contribution in [1.29, 1.82) is 0 Å². The number of aliphatic hydroxyl groups excluding tert-OH is 1. The van der Waals surface area contributed by atoms with Gasteiger partial charge in [0.25, 0.3) is 0 Å². The summed E-state index contributed by atoms with van der Waals surface area (Å²) in [6, 6.07) is 6.72. The number of rotatable bonds is 3. The van der Waals surface area contributed by atoms with Crippen molar-refractivity contribution >= 4 is 5.69 Å². The molecule has 0 spiro atoms. The predicted molar refractivity (Wildman–Crippen MR) is 85.9 cm³/mol. The van der Waals surface area contributed by atoms with Crippen LogP contribution in [0, 0.1) is 17.2 Å². The van der Waals surface area contributed by atoms with Gasteiger partial charge in [0.2, 0.25) is 0 Å². The molecule has 0 heterocycles. The summed E-state index contributed by atoms with van der Waals surface area (Å²) in [5.74, 6) is 0.412. The van der Waals surface area contributed by atoms with Crippen molar-refractivity contribution in [2.24, 2.45) is 11.3 Å². The van der Waals surface area contributed by atoms with Gasteiger partial charge in [0.15, 0.2) is 0 Å². The van der Waals surface area contributed by atoms with Gasteiger partial charge in [0.1, 0.15) is 5.82 Å². The minimum Gasteiger partial charge on any atom is -0.394 e. The second kappa shape index (κ2) is 6.35. The Labute approximate surface area is 127 Å². The van der Waals surface area contributed by atoms with Crippen molar-refractivity contribution in [2.45, 2.75) is 58.4 Å². The molecule has 1 aromatic rings. The topological polar surface area (TPSA) is 32.3 Å². The molecule has 0 aliphatic heterocycles. The third-order valence-corrected chi connectivity index (χ3v) is 4.98. The molecule has 1 aliphatic carbocycles. The van der Waals surface area contributed by atoms with Gasteiger partial charge in [-0.15, -0.1) is 0 Å². The molecule has 2 N–H and O–H groups in total. The maximum Gasteiger partial charge on any atom is 0.146 e. The zero-order chi connectivity index (χ0) is 15.5. The molecule has 2 rings (SSSR count). The first-order valence-corrected chi connectivity index (χ1v) is 8.00. The molecule has 0 bridgehead atoms. The molecular formula is C18H28FNO. The van der Waals surface area contributed by atoms with Crippen molar-refractivity contribution in [1.82, 2.24) is 0 Å². The highest BCUT2D eigenvalue weighted by Gasteiger charge is 2.36. The Hall–Kier alpha value is -1.09. The average molecular weight is 293 g/mol. The molecule has 3 heteroatoms. The van der Waals surface area contributed by atoms with Crippen LogP contribution in [0.2, 0.25) is 0 Å². The molecule has 1 fully saturated rings. The van der Waals surface area contributed by atoms with E-state index in [1.807, 2.05) is 6.07 Å². The normalized spacial score (nSPS) is 27.2. The molecule has 0 amide bonds. The number of para-hydroxylation sites is 1. The van der Waals surface area contributed by atoms with Crippen molar-refractivity contribution in [2.75, 3.05) is 11.9 Å². The third-order valence-electron chi connectivity index (χ3n) is 4.98. The van der Waals surface area contributed by atoms with E-state index in [9.17, 15) is 9.50 Å². The number of anilines is 1. The van der Waals surface area contributed by atoms with E-state index < -0.39 is 0 Å². The van der Waals surface area contributed by atoms with Crippen LogP contribution in [-0.4, -0.2) is 17.3 Å². The Morgan fingerprint density at radius 3 is 2.57 bits per heavy atom. The fourth-order valence-corrected chi connectivity index (χ4v) is 3.44. The van der Waals surface area contributed by atoms with Gasteiger partial charge in [-0.3, -0.25) is 0 Å². The monoisotopic (exact) mass is 293 g/mol. The van der Waals surface area contributed by atoms with Gasteiger partial charge in [-0.1, -0.05) is 39.3 Å². The fourth-order valence-electron chi connectivity index (χ4n) is 3.44. The van der Waals surface area contributed by atoms with Crippen LogP contribution in [-0.2, 0) is 0 Å². The molecule has 2 nitrogen and oxygen atoms in total. The van der Waals surface area contributed by atoms with Gasteiger partial charge >= 0.3 is 0 Å². The minimum absolute atomic E-state index is 0.0538. The zero-order valence-corrected chi connectivity index (χ0v) is 13.5. The molecule has 1 saturated carbocycles. The Balaban J connectivity index is 2.13. The van der Waals surface area contributed by atoms with Crippen LogP contribution in [0.1, 0.15) is 52.9 Å². The number of aliphatic hydroxyl groups is 1. The maximum atomic E-state index is 13.9. The van der Waals surface area contributed by atoms with Crippen LogP contribution >= 0.6 is 0 Å². The summed E-state index contributed by atoms with van der Waals surface area (Å²) in [6.45, 7) is 6.91. The van der Waals surface area contributed by atoms with E-state index in [0.717, 1.165) is 25.7 Å². The summed E-state index contributed by atoms with van der Waals surface area (Å²) in [6.07, 6.45) is 5.11. The third kappa shape index (κ3) is 3.97. The summed E-state index contributed by atoms with van der Waals surface area (Å²) >= 11 is 0. The molecule has 1 aromatic carbocycles. The van der Waals surface area contributed by atoms with Gasteiger partial charge in [0.05, 0.1) is 17.8 Å². The molecule has 21 heavy (non-hydrogen) atoms. The van der Waals surface area contributed by atoms with Crippen LogP contribution in [0.25, 0.3) is 0 Å². The van der Waals surface area contributed by atoms with Crippen LogP contribution in [0.15, 0.2) is 24.3 Å². The highest BCUT2D eigenvalue weighted by Crippen LogP contribution is 2.40. The Morgan fingerprint density at radius 2 is 1.95 bits per heavy atom. The number of hydrogen-bond acceptors (Lipinski definition) is 2. The Bertz CT molecular complexity index is 469. The molecule has 0 saturated heterocycles. The first kappa shape index (κ1) is 16.3. The van der Waals surface area contributed by atoms with E-state index in [0.29, 0.717) is 17.0 Å². The summed E-state index contributed by atoms with van der Waals surface area (Å²) in [5, 5.41) is 13.2. The number of hydrogen-bond donors (Lipinski definition) is 2. The Kier molecular flexibility index (Phi) is 4.92. The lowest BCUT2D eigenvalue weighted by molar-refractivity contribution is 0.182. The van der Waals surface area contributed by atoms with E-state index >= 15 is 0 Å². The quantitative estimate of drug-likeness (QED) is 0.799. The lowest BCUT2D eigenvalue weighted by Gasteiger charge is -2.34. The number of benzene rings is 1. The molecule has 118 valence electrons. The summed E-state index contributed by atoms with van der Waals surface area (Å²) in [4.78, 5) is 0. The predicted octanol–water partition coefficient (Wildman–Crippen LogP) is 4.60. The standard InChI is InChI=1S/C18H28FNO/c1-17(2,3)14-7-6-11-18(13-21,12-10-14)20-16-9-5-4-8-15(16)19/h4-5,8-9,14,20-21H,6-7,10-13H2,1-3H3. The van der Waals surface area contributed by atoms with E-state index in [-0.39, 0.29) is 18.0 Å². The molecule has 2 atom stereocenters. The van der Waals surface area contributed by atoms with Crippen molar-refractivity contribution < 1.29 is 9.50 Å². The van der Waals surface area contributed by atoms with Crippen molar-refractivity contribution in [3.8, 4) is 0 Å². The second-order valence-corrected chi connectivity index (χ2v) is 7.54. The largest absolute Gasteiger partial charge is 0.394 e. The van der Waals surface area contributed by atoms with Gasteiger partial charge < -0.3 is 10.4 Å². The lowest BCUT2D eigenvalue weighted by atomic mass is 9.76. The summed E-state index contributed by atoms with van der Waals surface area (Å²) in [7, 11) is 0. The lowest BCUT2D eigenvalue weighted by Crippen LogP contribution is -2.42. The SMILES string of the molecule is CC(C)(C)C1CCCC(CO)(Nc2ccccc2F)CC1. The molecular weight excluding hydrogens is 265 g/mol. The second-order valence-electron chi connectivity index (χ2n) is 7.54. The van der Waals surface area contributed by atoms with Gasteiger partial charge in [-0.2, -0.15) is 0 Å². The first-order chi connectivity index (χ1) is 9.86. The molecule has 0 radical (unpaired) electrons. The van der Waals surface area contributed by atoms with E-state index in [1.54, 1.807) is 12.1 Å². The van der Waals surface area contributed by atoms with Gasteiger partial charge in [-0.05, 0) is 49.1 Å². The van der Waals surface area contributed by atoms with Gasteiger partial charge in [-0.25, -0.2) is 4.39 Å². The van der Waals surface area contributed by atoms with Crippen LogP contribution in [0.3, 0.4) is 0 Å². The average Bonchev–Trinajstić information content (AvgIpc) is 2.64. The van der Waals surface area contributed by atoms with Crippen LogP contribution < -0.4 is 5.32 Å². The van der Waals surface area contributed by atoms with Crippen molar-refractivity contribution in [3.63, 3.8) is 0 Å². The first-order valence-electron chi connectivity index (χ1n) is 8.00. The maximum absolute atomic E-state index is 13.9. The van der Waals surface area contributed by atoms with E-state index in [4.69, 9.17) is 0 Å².